The van der Waals surface area contributed by atoms with Gasteiger partial charge in [0.05, 0.1) is 13.2 Å². The first kappa shape index (κ1) is 26.4. The van der Waals surface area contributed by atoms with E-state index in [4.69, 9.17) is 9.47 Å². The SMILES string of the molecule is O=S(=O)(Nc1ccc(OCCCOc2ccc(NS(=O)(=O)C(F)(F)F)cc2)cc1)C(F)(F)F. The number of rotatable bonds is 10. The maximum absolute atomic E-state index is 12.3. The molecular formula is C17H16F6N2O6S2. The third-order valence-corrected chi connectivity index (χ3v) is 5.88. The molecular weight excluding hydrogens is 506 g/mol. The van der Waals surface area contributed by atoms with Crippen LogP contribution in [0.4, 0.5) is 37.7 Å². The number of halogens is 6. The van der Waals surface area contributed by atoms with E-state index in [0.717, 1.165) is 24.3 Å². The van der Waals surface area contributed by atoms with Gasteiger partial charge in [-0.2, -0.15) is 43.2 Å². The normalized spacial score (nSPS) is 12.8. The van der Waals surface area contributed by atoms with E-state index in [0.29, 0.717) is 6.42 Å². The van der Waals surface area contributed by atoms with Crippen molar-refractivity contribution in [1.29, 1.82) is 0 Å². The molecule has 0 spiro atoms. The summed E-state index contributed by atoms with van der Waals surface area (Å²) in [7, 11) is -11.0. The van der Waals surface area contributed by atoms with Crippen LogP contribution in [-0.4, -0.2) is 41.1 Å². The van der Waals surface area contributed by atoms with Crippen LogP contribution in [-0.2, 0) is 20.0 Å². The fourth-order valence-electron chi connectivity index (χ4n) is 2.10. The van der Waals surface area contributed by atoms with Gasteiger partial charge in [0.25, 0.3) is 0 Å². The third-order valence-electron chi connectivity index (χ3n) is 3.65. The molecule has 184 valence electrons. The van der Waals surface area contributed by atoms with Crippen LogP contribution < -0.4 is 18.9 Å². The molecule has 0 saturated heterocycles. The molecule has 0 atom stereocenters. The Balaban J connectivity index is 1.75. The monoisotopic (exact) mass is 522 g/mol. The summed E-state index contributed by atoms with van der Waals surface area (Å²) in [6.07, 6.45) is 0.338. The van der Waals surface area contributed by atoms with Gasteiger partial charge in [0.15, 0.2) is 0 Å². The van der Waals surface area contributed by atoms with Crippen molar-refractivity contribution in [2.45, 2.75) is 17.4 Å². The first-order valence-corrected chi connectivity index (χ1v) is 11.7. The van der Waals surface area contributed by atoms with Crippen molar-refractivity contribution in [3.63, 3.8) is 0 Å². The van der Waals surface area contributed by atoms with E-state index < -0.39 is 31.1 Å². The van der Waals surface area contributed by atoms with Crippen LogP contribution in [0.3, 0.4) is 0 Å². The van der Waals surface area contributed by atoms with Crippen LogP contribution in [0.15, 0.2) is 48.5 Å². The quantitative estimate of drug-likeness (QED) is 0.360. The Labute approximate surface area is 184 Å². The van der Waals surface area contributed by atoms with E-state index >= 15 is 0 Å². The number of alkyl halides is 6. The van der Waals surface area contributed by atoms with Gasteiger partial charge in [-0.3, -0.25) is 9.44 Å². The Morgan fingerprint density at radius 2 is 0.909 bits per heavy atom. The highest BCUT2D eigenvalue weighted by molar-refractivity contribution is 7.93. The lowest BCUT2D eigenvalue weighted by Gasteiger charge is -2.12. The maximum Gasteiger partial charge on any atom is 0.516 e. The van der Waals surface area contributed by atoms with Crippen molar-refractivity contribution >= 4 is 31.4 Å². The molecule has 2 aromatic rings. The van der Waals surface area contributed by atoms with Crippen LogP contribution in [0.25, 0.3) is 0 Å². The molecule has 8 nitrogen and oxygen atoms in total. The number of benzene rings is 2. The van der Waals surface area contributed by atoms with Gasteiger partial charge in [0.1, 0.15) is 11.5 Å². The Bertz CT molecular complexity index is 1040. The van der Waals surface area contributed by atoms with Gasteiger partial charge in [-0.05, 0) is 48.5 Å². The summed E-state index contributed by atoms with van der Waals surface area (Å²) in [5.74, 6) is 0.512. The number of nitrogens with one attached hydrogen (secondary N) is 2. The largest absolute Gasteiger partial charge is 0.516 e. The van der Waals surface area contributed by atoms with Crippen LogP contribution in [0.2, 0.25) is 0 Å². The molecule has 0 amide bonds. The summed E-state index contributed by atoms with van der Waals surface area (Å²) in [6, 6.07) is 9.39. The molecule has 0 aliphatic carbocycles. The minimum Gasteiger partial charge on any atom is -0.493 e. The smallest absolute Gasteiger partial charge is 0.493 e. The van der Waals surface area contributed by atoms with E-state index in [2.05, 4.69) is 0 Å². The van der Waals surface area contributed by atoms with Crippen LogP contribution in [0, 0.1) is 0 Å². The van der Waals surface area contributed by atoms with Crippen molar-refractivity contribution < 1.29 is 52.7 Å². The van der Waals surface area contributed by atoms with Gasteiger partial charge in [-0.25, -0.2) is 0 Å². The summed E-state index contributed by atoms with van der Waals surface area (Å²) in [6.45, 7) is 0.244. The molecule has 0 aliphatic heterocycles. The molecule has 0 aliphatic rings. The predicted molar refractivity (Wildman–Crippen MR) is 106 cm³/mol. The molecule has 33 heavy (non-hydrogen) atoms. The zero-order valence-corrected chi connectivity index (χ0v) is 17.9. The van der Waals surface area contributed by atoms with Gasteiger partial charge >= 0.3 is 31.1 Å². The number of sulfonamides is 2. The van der Waals surface area contributed by atoms with Crippen LogP contribution in [0.5, 0.6) is 11.5 Å². The second-order valence-corrected chi connectivity index (χ2v) is 9.55. The van der Waals surface area contributed by atoms with E-state index in [1.807, 2.05) is 0 Å². The van der Waals surface area contributed by atoms with Gasteiger partial charge in [-0.1, -0.05) is 0 Å². The summed E-state index contributed by atoms with van der Waals surface area (Å²) >= 11 is 0. The predicted octanol–water partition coefficient (Wildman–Crippen LogP) is 4.06. The fraction of sp³-hybridized carbons (Fsp3) is 0.294. The van der Waals surface area contributed by atoms with Crippen molar-refractivity contribution in [2.75, 3.05) is 22.7 Å². The highest BCUT2D eigenvalue weighted by atomic mass is 32.2. The second kappa shape index (κ2) is 9.94. The Morgan fingerprint density at radius 3 is 1.18 bits per heavy atom. The molecule has 2 N–H and O–H groups in total. The first-order valence-electron chi connectivity index (χ1n) is 8.75. The highest BCUT2D eigenvalue weighted by Crippen LogP contribution is 2.27. The maximum atomic E-state index is 12.3. The average Bonchev–Trinajstić information content (AvgIpc) is 2.68. The van der Waals surface area contributed by atoms with Gasteiger partial charge in [0.2, 0.25) is 0 Å². The lowest BCUT2D eigenvalue weighted by Crippen LogP contribution is -2.29. The van der Waals surface area contributed by atoms with Crippen molar-refractivity contribution in [1.82, 2.24) is 0 Å². The third kappa shape index (κ3) is 7.59. The molecule has 2 aromatic carbocycles. The van der Waals surface area contributed by atoms with Gasteiger partial charge in [-0.15, -0.1) is 0 Å². The van der Waals surface area contributed by atoms with E-state index in [1.165, 1.54) is 33.7 Å². The lowest BCUT2D eigenvalue weighted by molar-refractivity contribution is -0.0435. The van der Waals surface area contributed by atoms with E-state index in [9.17, 15) is 43.2 Å². The minimum atomic E-state index is -5.52. The second-order valence-electron chi connectivity index (χ2n) is 6.20. The topological polar surface area (TPSA) is 111 Å². The Kier molecular flexibility index (Phi) is 7.95. The van der Waals surface area contributed by atoms with Crippen molar-refractivity contribution in [2.24, 2.45) is 0 Å². The van der Waals surface area contributed by atoms with E-state index in [-0.39, 0.29) is 36.1 Å². The number of ether oxygens (including phenoxy) is 2. The molecule has 0 aromatic heterocycles. The molecule has 0 radical (unpaired) electrons. The van der Waals surface area contributed by atoms with Gasteiger partial charge in [0, 0.05) is 17.8 Å². The molecule has 0 bridgehead atoms. The lowest BCUT2D eigenvalue weighted by atomic mass is 10.3. The standard InChI is InChI=1S/C17H16F6N2O6S2/c18-16(19,20)32(26,27)24-12-2-6-14(7-3-12)30-10-1-11-31-15-8-4-13(5-9-15)25-33(28,29)17(21,22)23/h2-9,24-25H,1,10-11H2. The van der Waals surface area contributed by atoms with Crippen molar-refractivity contribution in [3.05, 3.63) is 48.5 Å². The molecule has 16 heteroatoms. The van der Waals surface area contributed by atoms with Crippen LogP contribution in [0.1, 0.15) is 6.42 Å². The molecule has 0 unspecified atom stereocenters. The minimum absolute atomic E-state index is 0.122. The number of hydrogen-bond donors (Lipinski definition) is 2. The fourth-order valence-corrected chi connectivity index (χ4v) is 3.23. The highest BCUT2D eigenvalue weighted by Gasteiger charge is 2.46. The molecule has 0 saturated carbocycles. The van der Waals surface area contributed by atoms with Gasteiger partial charge < -0.3 is 9.47 Å². The summed E-state index contributed by atoms with van der Waals surface area (Å²) in [5.41, 5.74) is -11.5. The number of hydrogen-bond acceptors (Lipinski definition) is 6. The molecule has 0 heterocycles. The van der Waals surface area contributed by atoms with Crippen molar-refractivity contribution in [3.8, 4) is 11.5 Å². The molecule has 0 fully saturated rings. The summed E-state index contributed by atoms with van der Waals surface area (Å²) < 4.78 is 132. The van der Waals surface area contributed by atoms with E-state index in [1.54, 1.807) is 0 Å². The van der Waals surface area contributed by atoms with Crippen LogP contribution >= 0.6 is 0 Å². The Hall–Kier alpha value is -2.88. The summed E-state index contributed by atoms with van der Waals surface area (Å²) in [5, 5.41) is 0. The number of anilines is 2. The Morgan fingerprint density at radius 1 is 0.606 bits per heavy atom. The zero-order chi connectivity index (χ0) is 24.9. The zero-order valence-electron chi connectivity index (χ0n) is 16.3. The summed E-state index contributed by atoms with van der Waals surface area (Å²) in [4.78, 5) is 0. The average molecular weight is 522 g/mol. The molecule has 2 rings (SSSR count). The first-order chi connectivity index (χ1) is 15.1.